The van der Waals surface area contributed by atoms with Crippen LogP contribution in [0, 0.1) is 5.41 Å². The minimum absolute atomic E-state index is 0.0690. The van der Waals surface area contributed by atoms with Gasteiger partial charge in [0.15, 0.2) is 0 Å². The largest absolute Gasteiger partial charge is 0.351 e. The molecule has 0 aliphatic carbocycles. The highest BCUT2D eigenvalue weighted by molar-refractivity contribution is 5.91. The number of hydrogen-bond donors (Lipinski definition) is 0. The van der Waals surface area contributed by atoms with E-state index in [2.05, 4.69) is 5.16 Å². The van der Waals surface area contributed by atoms with E-state index in [0.29, 0.717) is 12.3 Å². The first-order valence-corrected chi connectivity index (χ1v) is 7.05. The summed E-state index contributed by atoms with van der Waals surface area (Å²) in [7, 11) is 0. The highest BCUT2D eigenvalue weighted by Crippen LogP contribution is 2.39. The number of aromatic nitrogens is 1. The summed E-state index contributed by atoms with van der Waals surface area (Å²) in [4.78, 5) is 27.6. The highest BCUT2D eigenvalue weighted by atomic mass is 16.5. The molecular weight excluding hydrogens is 258 g/mol. The summed E-state index contributed by atoms with van der Waals surface area (Å²) in [5, 5.41) is 3.58. The van der Waals surface area contributed by atoms with Crippen molar-refractivity contribution in [3.05, 3.63) is 18.0 Å². The lowest BCUT2D eigenvalue weighted by molar-refractivity contribution is -0.132. The summed E-state index contributed by atoms with van der Waals surface area (Å²) in [6.45, 7) is 4.66. The van der Waals surface area contributed by atoms with Gasteiger partial charge in [-0.1, -0.05) is 5.16 Å². The van der Waals surface area contributed by atoms with Gasteiger partial charge in [0.2, 0.25) is 11.7 Å². The van der Waals surface area contributed by atoms with Crippen molar-refractivity contribution in [3.8, 4) is 0 Å². The van der Waals surface area contributed by atoms with Crippen LogP contribution in [0.5, 0.6) is 0 Å². The van der Waals surface area contributed by atoms with Crippen molar-refractivity contribution in [3.63, 3.8) is 0 Å². The molecule has 1 aromatic rings. The third kappa shape index (κ3) is 2.30. The Morgan fingerprint density at radius 2 is 2.05 bits per heavy atom. The molecule has 0 bridgehead atoms. The number of piperidine rings is 1. The van der Waals surface area contributed by atoms with Crippen LogP contribution in [0.2, 0.25) is 0 Å². The number of likely N-dealkylation sites (tertiary alicyclic amines) is 2. The summed E-state index contributed by atoms with van der Waals surface area (Å²) in [6.07, 6.45) is 4.54. The molecule has 2 aliphatic rings. The molecule has 0 saturated carbocycles. The second-order valence-electron chi connectivity index (χ2n) is 5.90. The minimum atomic E-state index is -0.0978. The lowest BCUT2D eigenvalue weighted by atomic mass is 9.79. The van der Waals surface area contributed by atoms with Gasteiger partial charge in [-0.05, 0) is 19.3 Å². The Labute approximate surface area is 117 Å². The van der Waals surface area contributed by atoms with Crippen molar-refractivity contribution in [2.45, 2.75) is 26.2 Å². The molecule has 6 heteroatoms. The molecule has 1 aromatic heterocycles. The zero-order valence-electron chi connectivity index (χ0n) is 11.7. The Kier molecular flexibility index (Phi) is 3.23. The van der Waals surface area contributed by atoms with Crippen molar-refractivity contribution < 1.29 is 14.1 Å². The van der Waals surface area contributed by atoms with Gasteiger partial charge in [-0.25, -0.2) is 0 Å². The van der Waals surface area contributed by atoms with Gasteiger partial charge in [0.1, 0.15) is 0 Å². The fraction of sp³-hybridized carbons (Fsp3) is 0.643. The molecule has 108 valence electrons. The van der Waals surface area contributed by atoms with Crippen LogP contribution in [0.3, 0.4) is 0 Å². The van der Waals surface area contributed by atoms with Crippen molar-refractivity contribution in [2.75, 3.05) is 26.2 Å². The monoisotopic (exact) mass is 277 g/mol. The summed E-state index contributed by atoms with van der Waals surface area (Å²) in [5.74, 6) is 0.324. The lowest BCUT2D eigenvalue weighted by Crippen LogP contribution is -2.47. The molecule has 1 spiro atoms. The van der Waals surface area contributed by atoms with Gasteiger partial charge in [0, 0.05) is 44.6 Å². The lowest BCUT2D eigenvalue weighted by Gasteiger charge is -2.39. The Hall–Kier alpha value is -1.85. The maximum atomic E-state index is 12.3. The molecule has 0 radical (unpaired) electrons. The number of carbonyl (C=O) groups is 2. The molecule has 2 fully saturated rings. The topological polar surface area (TPSA) is 66.7 Å². The van der Waals surface area contributed by atoms with Crippen LogP contribution in [0.4, 0.5) is 0 Å². The van der Waals surface area contributed by atoms with E-state index in [-0.39, 0.29) is 17.2 Å². The van der Waals surface area contributed by atoms with Gasteiger partial charge >= 0.3 is 0 Å². The zero-order chi connectivity index (χ0) is 14.2. The summed E-state index contributed by atoms with van der Waals surface area (Å²) >= 11 is 0. The Morgan fingerprint density at radius 1 is 1.25 bits per heavy atom. The van der Waals surface area contributed by atoms with Crippen molar-refractivity contribution in [1.29, 1.82) is 0 Å². The van der Waals surface area contributed by atoms with Gasteiger partial charge in [-0.3, -0.25) is 9.59 Å². The maximum Gasteiger partial charge on any atom is 0.292 e. The van der Waals surface area contributed by atoms with Crippen molar-refractivity contribution >= 4 is 11.8 Å². The molecule has 0 aromatic carbocycles. The molecule has 3 heterocycles. The molecule has 2 amide bonds. The van der Waals surface area contributed by atoms with Crippen LogP contribution in [-0.4, -0.2) is 52.9 Å². The molecule has 1 atom stereocenters. The summed E-state index contributed by atoms with van der Waals surface area (Å²) < 4.78 is 4.94. The summed E-state index contributed by atoms with van der Waals surface area (Å²) in [5.41, 5.74) is 0.0690. The molecule has 2 saturated heterocycles. The van der Waals surface area contributed by atoms with Crippen LogP contribution in [0.15, 0.2) is 16.8 Å². The van der Waals surface area contributed by atoms with Crippen LogP contribution in [0.1, 0.15) is 36.7 Å². The van der Waals surface area contributed by atoms with E-state index in [0.717, 1.165) is 38.9 Å². The second kappa shape index (κ2) is 4.92. The Bertz CT molecular complexity index is 514. The van der Waals surface area contributed by atoms with Gasteiger partial charge in [-0.2, -0.15) is 0 Å². The fourth-order valence-corrected chi connectivity index (χ4v) is 3.40. The summed E-state index contributed by atoms with van der Waals surface area (Å²) in [6, 6.07) is 1.59. The normalized spacial score (nSPS) is 26.2. The number of nitrogens with zero attached hydrogens (tertiary/aromatic N) is 3. The Morgan fingerprint density at radius 3 is 2.75 bits per heavy atom. The number of hydrogen-bond acceptors (Lipinski definition) is 4. The molecule has 3 rings (SSSR count). The standard InChI is InChI=1S/C14H19N3O3/c1-11(18)16-7-2-4-14(9-16)5-8-17(10-14)13(19)12-3-6-15-20-12/h3,6H,2,4-5,7-10H2,1H3/t14-/m1/s1. The van der Waals surface area contributed by atoms with Gasteiger partial charge in [0.05, 0.1) is 6.20 Å². The van der Waals surface area contributed by atoms with Crippen molar-refractivity contribution in [1.82, 2.24) is 15.0 Å². The predicted molar refractivity (Wildman–Crippen MR) is 70.9 cm³/mol. The predicted octanol–water partition coefficient (Wildman–Crippen LogP) is 1.15. The minimum Gasteiger partial charge on any atom is -0.351 e. The number of amides is 2. The fourth-order valence-electron chi connectivity index (χ4n) is 3.40. The SMILES string of the molecule is CC(=O)N1CCC[C@@]2(CCN(C(=O)c3ccno3)C2)C1. The van der Waals surface area contributed by atoms with E-state index >= 15 is 0 Å². The van der Waals surface area contributed by atoms with Crippen LogP contribution in [0.25, 0.3) is 0 Å². The first-order chi connectivity index (χ1) is 9.60. The first kappa shape index (κ1) is 13.1. The van der Waals surface area contributed by atoms with Crippen LogP contribution >= 0.6 is 0 Å². The third-order valence-electron chi connectivity index (χ3n) is 4.48. The first-order valence-electron chi connectivity index (χ1n) is 7.05. The molecule has 0 unspecified atom stereocenters. The van der Waals surface area contributed by atoms with Gasteiger partial charge < -0.3 is 14.3 Å². The van der Waals surface area contributed by atoms with E-state index in [1.807, 2.05) is 9.80 Å². The average molecular weight is 277 g/mol. The van der Waals surface area contributed by atoms with E-state index in [1.54, 1.807) is 13.0 Å². The highest BCUT2D eigenvalue weighted by Gasteiger charge is 2.43. The zero-order valence-corrected chi connectivity index (χ0v) is 11.7. The number of rotatable bonds is 1. The van der Waals surface area contributed by atoms with E-state index in [9.17, 15) is 9.59 Å². The number of carbonyl (C=O) groups excluding carboxylic acids is 2. The Balaban J connectivity index is 1.69. The van der Waals surface area contributed by atoms with E-state index in [4.69, 9.17) is 4.52 Å². The third-order valence-corrected chi connectivity index (χ3v) is 4.48. The molecule has 6 nitrogen and oxygen atoms in total. The quantitative estimate of drug-likeness (QED) is 0.772. The second-order valence-corrected chi connectivity index (χ2v) is 5.90. The van der Waals surface area contributed by atoms with Crippen molar-refractivity contribution in [2.24, 2.45) is 5.41 Å². The molecule has 20 heavy (non-hydrogen) atoms. The van der Waals surface area contributed by atoms with E-state index < -0.39 is 0 Å². The maximum absolute atomic E-state index is 12.3. The van der Waals surface area contributed by atoms with Crippen LogP contribution in [-0.2, 0) is 4.79 Å². The van der Waals surface area contributed by atoms with Crippen LogP contribution < -0.4 is 0 Å². The molecular formula is C14H19N3O3. The average Bonchev–Trinajstić information content (AvgIpc) is 3.08. The smallest absolute Gasteiger partial charge is 0.292 e. The van der Waals surface area contributed by atoms with Gasteiger partial charge in [0.25, 0.3) is 5.91 Å². The molecule has 0 N–H and O–H groups in total. The van der Waals surface area contributed by atoms with E-state index in [1.165, 1.54) is 6.20 Å². The van der Waals surface area contributed by atoms with Gasteiger partial charge in [-0.15, -0.1) is 0 Å². The molecule has 2 aliphatic heterocycles.